The Morgan fingerprint density at radius 2 is 1.52 bits per heavy atom. The van der Waals surface area contributed by atoms with E-state index >= 15 is 0 Å². The zero-order valence-corrected chi connectivity index (χ0v) is 13.3. The fraction of sp³-hybridized carbons (Fsp3) is 0.222. The molecule has 0 radical (unpaired) electrons. The average Bonchev–Trinajstić information content (AvgIpc) is 2.88. The van der Waals surface area contributed by atoms with E-state index in [4.69, 9.17) is 0 Å². The Balaban J connectivity index is 2.07. The van der Waals surface area contributed by atoms with Crippen molar-refractivity contribution in [2.24, 2.45) is 0 Å². The second-order valence-electron chi connectivity index (χ2n) is 5.59. The number of benzene rings is 2. The molecule has 0 spiro atoms. The number of hydrogen-bond donors (Lipinski definition) is 0. The molecule has 108 valence electrons. The van der Waals surface area contributed by atoms with Gasteiger partial charge >= 0.3 is 0 Å². The molecule has 2 atom stereocenters. The Kier molecular flexibility index (Phi) is 3.84. The maximum atomic E-state index is 13.8. The molecule has 2 aromatic rings. The van der Waals surface area contributed by atoms with Crippen LogP contribution in [0.2, 0.25) is 0 Å². The van der Waals surface area contributed by atoms with Crippen LogP contribution in [0.25, 0.3) is 5.31 Å². The van der Waals surface area contributed by atoms with E-state index in [1.54, 1.807) is 0 Å². The van der Waals surface area contributed by atoms with Crippen molar-refractivity contribution in [1.82, 2.24) is 4.67 Å². The SMILES string of the molecule is CN(C)P1(=O)C(c2ccccc2)=CC[C@@H]1c1ccccc1. The molecule has 0 bridgehead atoms. The summed E-state index contributed by atoms with van der Waals surface area (Å²) in [5, 5.41) is 1.00. The Labute approximate surface area is 126 Å². The highest BCUT2D eigenvalue weighted by atomic mass is 31.2. The van der Waals surface area contributed by atoms with Gasteiger partial charge in [-0.05, 0) is 31.6 Å². The summed E-state index contributed by atoms with van der Waals surface area (Å²) in [4.78, 5) is 0. The van der Waals surface area contributed by atoms with Crippen LogP contribution in [0.4, 0.5) is 0 Å². The lowest BCUT2D eigenvalue weighted by Crippen LogP contribution is -2.12. The summed E-state index contributed by atoms with van der Waals surface area (Å²) in [6.07, 6.45) is 3.00. The van der Waals surface area contributed by atoms with E-state index in [-0.39, 0.29) is 5.66 Å². The molecule has 21 heavy (non-hydrogen) atoms. The van der Waals surface area contributed by atoms with Crippen LogP contribution < -0.4 is 0 Å². The van der Waals surface area contributed by atoms with Crippen LogP contribution in [0.15, 0.2) is 66.7 Å². The fourth-order valence-corrected chi connectivity index (χ4v) is 6.26. The van der Waals surface area contributed by atoms with Crippen molar-refractivity contribution in [1.29, 1.82) is 0 Å². The molecule has 3 rings (SSSR count). The third-order valence-electron chi connectivity index (χ3n) is 4.15. The standard InChI is InChI=1S/C18H20NOP/c1-19(2)21(20)17(15-9-5-3-6-10-15)13-14-18(21)16-11-7-4-8-12-16/h3-13,18H,14H2,1-2H3/t18-,21?/m1/s1. The molecule has 0 N–H and O–H groups in total. The Morgan fingerprint density at radius 1 is 0.952 bits per heavy atom. The van der Waals surface area contributed by atoms with Crippen molar-refractivity contribution < 1.29 is 4.57 Å². The number of allylic oxidation sites excluding steroid dienone is 1. The van der Waals surface area contributed by atoms with Crippen LogP contribution in [0.3, 0.4) is 0 Å². The third kappa shape index (κ3) is 2.39. The Morgan fingerprint density at radius 3 is 2.10 bits per heavy atom. The molecule has 0 saturated heterocycles. The minimum atomic E-state index is -2.61. The molecule has 2 nitrogen and oxygen atoms in total. The molecule has 3 heteroatoms. The van der Waals surface area contributed by atoms with Crippen molar-refractivity contribution >= 4 is 12.6 Å². The maximum absolute atomic E-state index is 13.8. The molecular formula is C18H20NOP. The van der Waals surface area contributed by atoms with E-state index in [0.717, 1.165) is 22.9 Å². The van der Waals surface area contributed by atoms with E-state index in [0.29, 0.717) is 0 Å². The highest BCUT2D eigenvalue weighted by molar-refractivity contribution is 7.72. The Hall–Kier alpha value is -1.63. The van der Waals surface area contributed by atoms with Gasteiger partial charge in [-0.3, -0.25) is 4.67 Å². The molecular weight excluding hydrogens is 277 g/mol. The lowest BCUT2D eigenvalue weighted by molar-refractivity contribution is 0.515. The monoisotopic (exact) mass is 297 g/mol. The van der Waals surface area contributed by atoms with E-state index in [9.17, 15) is 4.57 Å². The van der Waals surface area contributed by atoms with Crippen LogP contribution in [0, 0.1) is 0 Å². The summed E-state index contributed by atoms with van der Waals surface area (Å²) in [5.41, 5.74) is 2.30. The van der Waals surface area contributed by atoms with Crippen molar-refractivity contribution in [2.75, 3.05) is 14.1 Å². The summed E-state index contributed by atoms with van der Waals surface area (Å²) in [7, 11) is 1.25. The van der Waals surface area contributed by atoms with Crippen LogP contribution >= 0.6 is 7.29 Å². The summed E-state index contributed by atoms with van der Waals surface area (Å²) >= 11 is 0. The van der Waals surface area contributed by atoms with Crippen molar-refractivity contribution in [3.05, 3.63) is 77.9 Å². The molecule has 1 unspecified atom stereocenters. The van der Waals surface area contributed by atoms with Gasteiger partial charge in [0.05, 0.1) is 5.66 Å². The molecule has 2 aromatic carbocycles. The predicted molar refractivity (Wildman–Crippen MR) is 89.5 cm³/mol. The van der Waals surface area contributed by atoms with Crippen LogP contribution in [0.1, 0.15) is 23.2 Å². The first-order valence-corrected chi connectivity index (χ1v) is 8.95. The molecule has 0 saturated carbocycles. The predicted octanol–water partition coefficient (Wildman–Crippen LogP) is 5.01. The minimum Gasteiger partial charge on any atom is -0.301 e. The van der Waals surface area contributed by atoms with Gasteiger partial charge in [0.15, 0.2) is 7.29 Å². The van der Waals surface area contributed by atoms with Gasteiger partial charge in [0.2, 0.25) is 0 Å². The van der Waals surface area contributed by atoms with Crippen molar-refractivity contribution in [3.63, 3.8) is 0 Å². The quantitative estimate of drug-likeness (QED) is 0.742. The highest BCUT2D eigenvalue weighted by Crippen LogP contribution is 2.74. The Bertz CT molecular complexity index is 692. The average molecular weight is 297 g/mol. The van der Waals surface area contributed by atoms with E-state index in [1.165, 1.54) is 0 Å². The van der Waals surface area contributed by atoms with Gasteiger partial charge in [-0.2, -0.15) is 0 Å². The molecule has 0 aliphatic carbocycles. The molecule has 1 heterocycles. The van der Waals surface area contributed by atoms with Gasteiger partial charge in [-0.1, -0.05) is 66.7 Å². The van der Waals surface area contributed by atoms with Crippen molar-refractivity contribution in [3.8, 4) is 0 Å². The molecule has 0 amide bonds. The van der Waals surface area contributed by atoms with Gasteiger partial charge in [0, 0.05) is 5.31 Å². The van der Waals surface area contributed by atoms with Gasteiger partial charge < -0.3 is 4.57 Å². The lowest BCUT2D eigenvalue weighted by atomic mass is 10.1. The lowest BCUT2D eigenvalue weighted by Gasteiger charge is -2.30. The van der Waals surface area contributed by atoms with Crippen molar-refractivity contribution in [2.45, 2.75) is 12.1 Å². The first-order chi connectivity index (χ1) is 10.1. The molecule has 1 aliphatic heterocycles. The second kappa shape index (κ2) is 5.63. The second-order valence-corrected chi connectivity index (χ2v) is 8.74. The van der Waals surface area contributed by atoms with E-state index < -0.39 is 7.29 Å². The van der Waals surface area contributed by atoms with E-state index in [1.807, 2.05) is 55.2 Å². The normalized spacial score (nSPS) is 25.1. The maximum Gasteiger partial charge on any atom is 0.185 e. The van der Waals surface area contributed by atoms with Gasteiger partial charge in [0.1, 0.15) is 0 Å². The van der Waals surface area contributed by atoms with Crippen LogP contribution in [-0.2, 0) is 4.57 Å². The summed E-state index contributed by atoms with van der Waals surface area (Å²) in [5.74, 6) is 0. The summed E-state index contributed by atoms with van der Waals surface area (Å²) in [6, 6.07) is 20.3. The smallest absolute Gasteiger partial charge is 0.185 e. The first kappa shape index (κ1) is 14.3. The third-order valence-corrected chi connectivity index (χ3v) is 7.82. The molecule has 0 aromatic heterocycles. The highest BCUT2D eigenvalue weighted by Gasteiger charge is 2.43. The number of hydrogen-bond acceptors (Lipinski definition) is 1. The zero-order valence-electron chi connectivity index (χ0n) is 12.4. The van der Waals surface area contributed by atoms with Gasteiger partial charge in [-0.15, -0.1) is 0 Å². The minimum absolute atomic E-state index is 0.0592. The topological polar surface area (TPSA) is 20.3 Å². The number of nitrogens with zero attached hydrogens (tertiary/aromatic N) is 1. The summed E-state index contributed by atoms with van der Waals surface area (Å²) in [6.45, 7) is 0. The molecule has 1 aliphatic rings. The summed E-state index contributed by atoms with van der Waals surface area (Å²) < 4.78 is 15.8. The van der Waals surface area contributed by atoms with Gasteiger partial charge in [-0.25, -0.2) is 0 Å². The largest absolute Gasteiger partial charge is 0.301 e. The van der Waals surface area contributed by atoms with E-state index in [2.05, 4.69) is 30.3 Å². The molecule has 0 fully saturated rings. The van der Waals surface area contributed by atoms with Gasteiger partial charge in [0.25, 0.3) is 0 Å². The zero-order chi connectivity index (χ0) is 14.9. The first-order valence-electron chi connectivity index (χ1n) is 7.22. The fourth-order valence-electron chi connectivity index (χ4n) is 3.08. The van der Waals surface area contributed by atoms with Crippen LogP contribution in [-0.4, -0.2) is 18.8 Å². The number of rotatable bonds is 3. The van der Waals surface area contributed by atoms with Crippen LogP contribution in [0.5, 0.6) is 0 Å².